The molecule has 0 saturated heterocycles. The van der Waals surface area contributed by atoms with Crippen LogP contribution in [0.1, 0.15) is 49.4 Å². The van der Waals surface area contributed by atoms with Crippen LogP contribution in [-0.4, -0.2) is 16.7 Å². The summed E-state index contributed by atoms with van der Waals surface area (Å²) in [6.07, 6.45) is -0.429. The highest BCUT2D eigenvalue weighted by Gasteiger charge is 2.29. The van der Waals surface area contributed by atoms with Crippen LogP contribution in [0.2, 0.25) is 0 Å². The number of hydrogen-bond acceptors (Lipinski definition) is 5. The van der Waals surface area contributed by atoms with Crippen LogP contribution >= 0.6 is 22.7 Å². The maximum Gasteiger partial charge on any atom is 0.408 e. The van der Waals surface area contributed by atoms with Crippen LogP contribution in [0.4, 0.5) is 4.79 Å². The zero-order chi connectivity index (χ0) is 17.4. The second-order valence-electron chi connectivity index (χ2n) is 7.12. The van der Waals surface area contributed by atoms with Crippen molar-refractivity contribution in [3.8, 4) is 11.3 Å². The number of amides is 1. The standard InChI is InChI=1S/C17H24N2O2S2/c1-10-8-12(11(2)23-10)13-9-22-14(18-13)17(6,7)19-15(20)21-16(3,4)5/h8-9H,1-7H3,(H,19,20). The molecule has 0 saturated carbocycles. The van der Waals surface area contributed by atoms with E-state index in [1.54, 1.807) is 22.7 Å². The largest absolute Gasteiger partial charge is 0.444 e. The molecule has 0 aromatic carbocycles. The van der Waals surface area contributed by atoms with Crippen LogP contribution in [0, 0.1) is 13.8 Å². The second-order valence-corrected chi connectivity index (χ2v) is 9.44. The Morgan fingerprint density at radius 3 is 2.39 bits per heavy atom. The Morgan fingerprint density at radius 1 is 1.22 bits per heavy atom. The lowest BCUT2D eigenvalue weighted by atomic mass is 10.1. The average Bonchev–Trinajstić information content (AvgIpc) is 2.92. The molecule has 1 N–H and O–H groups in total. The van der Waals surface area contributed by atoms with E-state index in [4.69, 9.17) is 9.72 Å². The number of nitrogens with zero attached hydrogens (tertiary/aromatic N) is 1. The normalized spacial score (nSPS) is 12.3. The molecule has 0 bridgehead atoms. The van der Waals surface area contributed by atoms with Crippen molar-refractivity contribution in [2.75, 3.05) is 0 Å². The molecule has 0 atom stereocenters. The van der Waals surface area contributed by atoms with E-state index in [0.29, 0.717) is 0 Å². The predicted molar refractivity (Wildman–Crippen MR) is 97.3 cm³/mol. The molecule has 0 aliphatic carbocycles. The molecule has 0 aliphatic heterocycles. The first kappa shape index (κ1) is 17.9. The van der Waals surface area contributed by atoms with Crippen molar-refractivity contribution < 1.29 is 9.53 Å². The van der Waals surface area contributed by atoms with Crippen molar-refractivity contribution in [1.29, 1.82) is 0 Å². The van der Waals surface area contributed by atoms with Crippen LogP contribution in [0.25, 0.3) is 11.3 Å². The van der Waals surface area contributed by atoms with Gasteiger partial charge in [0.15, 0.2) is 0 Å². The Kier molecular flexibility index (Phi) is 4.87. The molecule has 1 amide bonds. The minimum absolute atomic E-state index is 0.429. The molecule has 126 valence electrons. The predicted octanol–water partition coefficient (Wildman–Crippen LogP) is 5.25. The lowest BCUT2D eigenvalue weighted by Crippen LogP contribution is -2.43. The van der Waals surface area contributed by atoms with E-state index >= 15 is 0 Å². The number of carbonyl (C=O) groups is 1. The van der Waals surface area contributed by atoms with E-state index < -0.39 is 17.2 Å². The van der Waals surface area contributed by atoms with Gasteiger partial charge in [-0.25, -0.2) is 9.78 Å². The number of rotatable bonds is 3. The van der Waals surface area contributed by atoms with Gasteiger partial charge in [0, 0.05) is 20.7 Å². The molecular weight excluding hydrogens is 328 g/mol. The Hall–Kier alpha value is -1.40. The summed E-state index contributed by atoms with van der Waals surface area (Å²) in [5, 5.41) is 5.81. The molecule has 0 radical (unpaired) electrons. The number of ether oxygens (including phenoxy) is 1. The van der Waals surface area contributed by atoms with E-state index in [0.717, 1.165) is 10.7 Å². The summed E-state index contributed by atoms with van der Waals surface area (Å²) in [5.74, 6) is 0. The number of thiophene rings is 1. The summed E-state index contributed by atoms with van der Waals surface area (Å²) in [5.41, 5.74) is 1.04. The number of aryl methyl sites for hydroxylation is 2. The zero-order valence-electron chi connectivity index (χ0n) is 14.7. The number of thiazole rings is 1. The summed E-state index contributed by atoms with van der Waals surface area (Å²) in [7, 11) is 0. The van der Waals surface area contributed by atoms with Gasteiger partial charge in [-0.1, -0.05) is 0 Å². The molecule has 0 unspecified atom stereocenters. The van der Waals surface area contributed by atoms with Gasteiger partial charge in [-0.15, -0.1) is 22.7 Å². The fourth-order valence-electron chi connectivity index (χ4n) is 2.18. The number of carbonyl (C=O) groups excluding carboxylic acids is 1. The van der Waals surface area contributed by atoms with Crippen LogP contribution in [0.5, 0.6) is 0 Å². The lowest BCUT2D eigenvalue weighted by Gasteiger charge is -2.27. The van der Waals surface area contributed by atoms with Gasteiger partial charge >= 0.3 is 6.09 Å². The number of alkyl carbamates (subject to hydrolysis) is 1. The Morgan fingerprint density at radius 2 is 1.87 bits per heavy atom. The van der Waals surface area contributed by atoms with E-state index in [1.165, 1.54) is 15.3 Å². The molecule has 2 rings (SSSR count). The quantitative estimate of drug-likeness (QED) is 0.821. The van der Waals surface area contributed by atoms with Gasteiger partial charge in [-0.2, -0.15) is 0 Å². The minimum atomic E-state index is -0.579. The van der Waals surface area contributed by atoms with Gasteiger partial charge in [-0.3, -0.25) is 0 Å². The summed E-state index contributed by atoms with van der Waals surface area (Å²) >= 11 is 3.33. The molecule has 0 spiro atoms. The van der Waals surface area contributed by atoms with E-state index in [9.17, 15) is 4.79 Å². The van der Waals surface area contributed by atoms with Gasteiger partial charge in [0.1, 0.15) is 10.6 Å². The third-order valence-corrected chi connectivity index (χ3v) is 5.30. The monoisotopic (exact) mass is 352 g/mol. The molecule has 4 nitrogen and oxygen atoms in total. The van der Waals surface area contributed by atoms with Crippen LogP contribution in [0.15, 0.2) is 11.4 Å². The van der Waals surface area contributed by atoms with E-state index in [1.807, 2.05) is 40.0 Å². The summed E-state index contributed by atoms with van der Waals surface area (Å²) in [4.78, 5) is 19.3. The highest BCUT2D eigenvalue weighted by Crippen LogP contribution is 2.34. The van der Waals surface area contributed by atoms with Gasteiger partial charge in [0.25, 0.3) is 0 Å². The maximum atomic E-state index is 12.0. The fourth-order valence-corrected chi connectivity index (χ4v) is 4.01. The van der Waals surface area contributed by atoms with Crippen molar-refractivity contribution in [3.05, 3.63) is 26.2 Å². The number of hydrogen-bond donors (Lipinski definition) is 1. The Balaban J connectivity index is 2.18. The van der Waals surface area contributed by atoms with E-state index in [-0.39, 0.29) is 0 Å². The first-order valence-corrected chi connectivity index (χ1v) is 9.22. The van der Waals surface area contributed by atoms with Crippen LogP contribution < -0.4 is 5.32 Å². The third kappa shape index (κ3) is 4.54. The average molecular weight is 353 g/mol. The SMILES string of the molecule is Cc1cc(-c2csc(C(C)(C)NC(=O)OC(C)(C)C)n2)c(C)s1. The highest BCUT2D eigenvalue weighted by atomic mass is 32.1. The number of nitrogens with one attached hydrogen (secondary N) is 1. The Bertz CT molecular complexity index is 708. The summed E-state index contributed by atoms with van der Waals surface area (Å²) in [6.45, 7) is 13.6. The zero-order valence-corrected chi connectivity index (χ0v) is 16.4. The second kappa shape index (κ2) is 6.24. The van der Waals surface area contributed by atoms with E-state index in [2.05, 4.69) is 25.2 Å². The molecular formula is C17H24N2O2S2. The van der Waals surface area contributed by atoms with Crippen molar-refractivity contribution in [2.45, 2.75) is 59.6 Å². The van der Waals surface area contributed by atoms with Crippen LogP contribution in [0.3, 0.4) is 0 Å². The highest BCUT2D eigenvalue weighted by molar-refractivity contribution is 7.12. The van der Waals surface area contributed by atoms with Gasteiger partial charge in [0.05, 0.1) is 11.2 Å². The third-order valence-electron chi connectivity index (χ3n) is 3.17. The molecule has 0 aliphatic rings. The maximum absolute atomic E-state index is 12.0. The topological polar surface area (TPSA) is 51.2 Å². The molecule has 2 aromatic heterocycles. The first-order chi connectivity index (χ1) is 10.5. The molecule has 23 heavy (non-hydrogen) atoms. The lowest BCUT2D eigenvalue weighted by molar-refractivity contribution is 0.0470. The molecule has 2 heterocycles. The Labute approximate surface area is 145 Å². The first-order valence-electron chi connectivity index (χ1n) is 7.52. The fraction of sp³-hybridized carbons (Fsp3) is 0.529. The van der Waals surface area contributed by atoms with Gasteiger partial charge in [0.2, 0.25) is 0 Å². The van der Waals surface area contributed by atoms with Crippen molar-refractivity contribution >= 4 is 28.8 Å². The summed E-state index contributed by atoms with van der Waals surface area (Å²) < 4.78 is 5.34. The smallest absolute Gasteiger partial charge is 0.408 e. The minimum Gasteiger partial charge on any atom is -0.444 e. The number of aromatic nitrogens is 1. The van der Waals surface area contributed by atoms with Crippen molar-refractivity contribution in [3.63, 3.8) is 0 Å². The van der Waals surface area contributed by atoms with Crippen molar-refractivity contribution in [1.82, 2.24) is 10.3 Å². The van der Waals surface area contributed by atoms with Gasteiger partial charge in [-0.05, 0) is 54.5 Å². The molecule has 0 fully saturated rings. The molecule has 6 heteroatoms. The van der Waals surface area contributed by atoms with Crippen molar-refractivity contribution in [2.24, 2.45) is 0 Å². The van der Waals surface area contributed by atoms with Gasteiger partial charge < -0.3 is 10.1 Å². The molecule has 2 aromatic rings. The van der Waals surface area contributed by atoms with Crippen LogP contribution in [-0.2, 0) is 10.3 Å². The summed E-state index contributed by atoms with van der Waals surface area (Å²) in [6, 6.07) is 2.16.